The molecular weight excluding hydrogens is 476 g/mol. The number of anilines is 2. The zero-order valence-corrected chi connectivity index (χ0v) is 21.5. The van der Waals surface area contributed by atoms with Crippen LogP contribution in [0.5, 0.6) is 0 Å². The first kappa shape index (κ1) is 24.3. The van der Waals surface area contributed by atoms with Crippen molar-refractivity contribution in [2.45, 2.75) is 51.6 Å². The van der Waals surface area contributed by atoms with Gasteiger partial charge in [-0.25, -0.2) is 9.67 Å². The number of ether oxygens (including phenoxy) is 1. The van der Waals surface area contributed by atoms with E-state index in [9.17, 15) is 4.79 Å². The Labute approximate surface area is 216 Å². The zero-order chi connectivity index (χ0) is 25.4. The number of amides is 1. The van der Waals surface area contributed by atoms with Gasteiger partial charge < -0.3 is 15.8 Å². The molecule has 3 heterocycles. The second kappa shape index (κ2) is 9.59. The van der Waals surface area contributed by atoms with E-state index in [4.69, 9.17) is 32.2 Å². The topological polar surface area (TPSA) is 97.8 Å². The molecule has 0 spiro atoms. The third-order valence-corrected chi connectivity index (χ3v) is 7.47. The first-order valence-electron chi connectivity index (χ1n) is 12.2. The minimum absolute atomic E-state index is 0.0233. The predicted octanol–water partition coefficient (Wildman–Crippen LogP) is 4.83. The van der Waals surface area contributed by atoms with Crippen molar-refractivity contribution in [3.05, 3.63) is 70.5 Å². The van der Waals surface area contributed by atoms with Gasteiger partial charge in [0.15, 0.2) is 5.96 Å². The molecule has 2 aliphatic heterocycles. The van der Waals surface area contributed by atoms with Gasteiger partial charge in [0.1, 0.15) is 0 Å². The van der Waals surface area contributed by atoms with E-state index in [2.05, 4.69) is 5.32 Å². The van der Waals surface area contributed by atoms with Crippen LogP contribution < -0.4 is 11.1 Å². The normalized spacial score (nSPS) is 20.9. The Balaban J connectivity index is 1.46. The smallest absolute Gasteiger partial charge is 0.232 e. The molecular formula is C27H31ClN6O2. The Bertz CT molecular complexity index is 1320. The van der Waals surface area contributed by atoms with Crippen LogP contribution in [0, 0.1) is 13.8 Å². The van der Waals surface area contributed by atoms with Gasteiger partial charge in [0.25, 0.3) is 0 Å². The first-order valence-corrected chi connectivity index (χ1v) is 12.6. The van der Waals surface area contributed by atoms with Crippen molar-refractivity contribution in [3.8, 4) is 5.69 Å². The molecule has 1 saturated heterocycles. The van der Waals surface area contributed by atoms with Crippen LogP contribution in [0.2, 0.25) is 5.02 Å². The van der Waals surface area contributed by atoms with Gasteiger partial charge in [-0.15, -0.1) is 0 Å². The lowest BCUT2D eigenvalue weighted by atomic mass is 9.86. The third-order valence-electron chi connectivity index (χ3n) is 7.06. The van der Waals surface area contributed by atoms with Gasteiger partial charge in [-0.1, -0.05) is 41.9 Å². The van der Waals surface area contributed by atoms with E-state index in [1.807, 2.05) is 74.0 Å². The number of halogens is 1. The van der Waals surface area contributed by atoms with Crippen LogP contribution in [-0.2, 0) is 15.1 Å². The minimum Gasteiger partial charge on any atom is -0.381 e. The Hall–Kier alpha value is -3.36. The largest absolute Gasteiger partial charge is 0.381 e. The SMILES string of the molecule is Cc1nn(-c2ccccc2)c(C)c1Nc1cccc([C@]2(C)CC(=O)N(C3CCOCC3)C(N)=N2)c1Cl. The molecule has 1 fully saturated rings. The molecule has 188 valence electrons. The van der Waals surface area contributed by atoms with E-state index in [-0.39, 0.29) is 24.3 Å². The van der Waals surface area contributed by atoms with Gasteiger partial charge >= 0.3 is 0 Å². The Morgan fingerprint density at radius 3 is 2.53 bits per heavy atom. The quantitative estimate of drug-likeness (QED) is 0.516. The van der Waals surface area contributed by atoms with Crippen molar-refractivity contribution in [2.24, 2.45) is 10.7 Å². The average molecular weight is 507 g/mol. The van der Waals surface area contributed by atoms with Gasteiger partial charge in [0.2, 0.25) is 5.91 Å². The van der Waals surface area contributed by atoms with Crippen LogP contribution in [0.25, 0.3) is 5.69 Å². The van der Waals surface area contributed by atoms with Gasteiger partial charge in [0.05, 0.1) is 45.4 Å². The lowest BCUT2D eigenvalue weighted by Crippen LogP contribution is -2.55. The number of nitrogens with one attached hydrogen (secondary N) is 1. The molecule has 36 heavy (non-hydrogen) atoms. The number of nitrogens with two attached hydrogens (primary N) is 1. The summed E-state index contributed by atoms with van der Waals surface area (Å²) in [6.45, 7) is 7.14. The fourth-order valence-corrected chi connectivity index (χ4v) is 5.54. The van der Waals surface area contributed by atoms with Gasteiger partial charge in [-0.3, -0.25) is 9.69 Å². The van der Waals surface area contributed by atoms with Gasteiger partial charge in [-0.05, 0) is 51.8 Å². The average Bonchev–Trinajstić information content (AvgIpc) is 3.14. The second-order valence-electron chi connectivity index (χ2n) is 9.61. The van der Waals surface area contributed by atoms with Crippen molar-refractivity contribution in [2.75, 3.05) is 18.5 Å². The number of carbonyl (C=O) groups excluding carboxylic acids is 1. The molecule has 0 saturated carbocycles. The molecule has 3 N–H and O–H groups in total. The Morgan fingerprint density at radius 2 is 1.83 bits per heavy atom. The number of guanidine groups is 1. The number of aliphatic imine (C=N–C) groups is 1. The van der Waals surface area contributed by atoms with Gasteiger partial charge in [0, 0.05) is 24.8 Å². The molecule has 1 aromatic heterocycles. The van der Waals surface area contributed by atoms with E-state index in [1.54, 1.807) is 4.90 Å². The van der Waals surface area contributed by atoms with Gasteiger partial charge in [-0.2, -0.15) is 5.10 Å². The van der Waals surface area contributed by atoms with E-state index in [0.717, 1.165) is 46.9 Å². The zero-order valence-electron chi connectivity index (χ0n) is 20.8. The number of benzene rings is 2. The third kappa shape index (κ3) is 4.35. The molecule has 8 nitrogen and oxygen atoms in total. The molecule has 2 aliphatic rings. The van der Waals surface area contributed by atoms with Crippen LogP contribution in [0.4, 0.5) is 11.4 Å². The van der Waals surface area contributed by atoms with Crippen LogP contribution in [0.3, 0.4) is 0 Å². The molecule has 0 radical (unpaired) electrons. The number of aromatic nitrogens is 2. The van der Waals surface area contributed by atoms with Crippen molar-refractivity contribution >= 4 is 34.8 Å². The fraction of sp³-hybridized carbons (Fsp3) is 0.370. The minimum atomic E-state index is -0.865. The summed E-state index contributed by atoms with van der Waals surface area (Å²) in [5, 5.41) is 8.70. The summed E-state index contributed by atoms with van der Waals surface area (Å²) >= 11 is 6.95. The summed E-state index contributed by atoms with van der Waals surface area (Å²) in [7, 11) is 0. The Kier molecular flexibility index (Phi) is 6.49. The molecule has 0 aliphatic carbocycles. The van der Waals surface area contributed by atoms with Crippen LogP contribution >= 0.6 is 11.6 Å². The highest BCUT2D eigenvalue weighted by atomic mass is 35.5. The number of carbonyl (C=O) groups is 1. The molecule has 5 rings (SSSR count). The number of hydrogen-bond donors (Lipinski definition) is 2. The van der Waals surface area contributed by atoms with Crippen LogP contribution in [0.15, 0.2) is 53.5 Å². The highest BCUT2D eigenvalue weighted by molar-refractivity contribution is 6.34. The highest BCUT2D eigenvalue weighted by Crippen LogP contribution is 2.42. The van der Waals surface area contributed by atoms with Crippen molar-refractivity contribution in [1.29, 1.82) is 0 Å². The molecule has 3 aromatic rings. The Morgan fingerprint density at radius 1 is 1.11 bits per heavy atom. The molecule has 9 heteroatoms. The standard InChI is InChI=1S/C27H31ClN6O2/c1-17-25(18(2)34(32-17)20-8-5-4-6-9-20)30-22-11-7-10-21(24(22)28)27(3)16-23(35)33(26(29)31-27)19-12-14-36-15-13-19/h4-11,19,30H,12-16H2,1-3H3,(H2,29,31)/t27-/m0/s1. The molecule has 1 amide bonds. The lowest BCUT2D eigenvalue weighted by Gasteiger charge is -2.40. The maximum atomic E-state index is 13.3. The second-order valence-corrected chi connectivity index (χ2v) is 9.99. The van der Waals surface area contributed by atoms with Crippen LogP contribution in [0.1, 0.15) is 43.1 Å². The fourth-order valence-electron chi connectivity index (χ4n) is 5.17. The van der Waals surface area contributed by atoms with E-state index in [1.165, 1.54) is 0 Å². The summed E-state index contributed by atoms with van der Waals surface area (Å²) < 4.78 is 7.35. The summed E-state index contributed by atoms with van der Waals surface area (Å²) in [6, 6.07) is 15.8. The maximum Gasteiger partial charge on any atom is 0.232 e. The molecule has 0 unspecified atom stereocenters. The summed E-state index contributed by atoms with van der Waals surface area (Å²) in [5.41, 5.74) is 10.7. The van der Waals surface area contributed by atoms with Crippen LogP contribution in [-0.4, -0.2) is 45.8 Å². The van der Waals surface area contributed by atoms with Crippen molar-refractivity contribution < 1.29 is 9.53 Å². The summed E-state index contributed by atoms with van der Waals surface area (Å²) in [6.07, 6.45) is 1.71. The predicted molar refractivity (Wildman–Crippen MR) is 142 cm³/mol. The van der Waals surface area contributed by atoms with E-state index in [0.29, 0.717) is 18.2 Å². The number of para-hydroxylation sites is 1. The summed E-state index contributed by atoms with van der Waals surface area (Å²) in [5.74, 6) is 0.202. The number of hydrogen-bond acceptors (Lipinski definition) is 6. The first-order chi connectivity index (χ1) is 17.3. The lowest BCUT2D eigenvalue weighted by molar-refractivity contribution is -0.132. The number of nitrogens with zero attached hydrogens (tertiary/aromatic N) is 4. The number of rotatable bonds is 5. The highest BCUT2D eigenvalue weighted by Gasteiger charge is 2.41. The maximum absolute atomic E-state index is 13.3. The van der Waals surface area contributed by atoms with E-state index >= 15 is 0 Å². The summed E-state index contributed by atoms with van der Waals surface area (Å²) in [4.78, 5) is 19.7. The molecule has 1 atom stereocenters. The molecule has 0 bridgehead atoms. The van der Waals surface area contributed by atoms with E-state index < -0.39 is 5.54 Å². The number of aryl methyl sites for hydroxylation is 1. The monoisotopic (exact) mass is 506 g/mol. The van der Waals surface area contributed by atoms with Crippen molar-refractivity contribution in [1.82, 2.24) is 14.7 Å². The molecule has 2 aromatic carbocycles. The van der Waals surface area contributed by atoms with Crippen molar-refractivity contribution in [3.63, 3.8) is 0 Å².